The Balaban J connectivity index is 3.71. The normalized spacial score (nSPS) is 16.3. The minimum Gasteiger partial charge on any atom is -0.463 e. The van der Waals surface area contributed by atoms with Crippen molar-refractivity contribution in [2.45, 2.75) is 177 Å². The summed E-state index contributed by atoms with van der Waals surface area (Å²) in [5.74, 6) is -0.357. The first-order chi connectivity index (χ1) is 33.7. The third kappa shape index (κ3) is 48.9. The highest BCUT2D eigenvalue weighted by molar-refractivity contribution is 5.69. The van der Waals surface area contributed by atoms with Crippen LogP contribution < -0.4 is 0 Å². The quantitative estimate of drug-likeness (QED) is 0.0215. The molecule has 0 aliphatic carbocycles. The van der Waals surface area contributed by atoms with Crippen LogP contribution in [-0.4, -0.2) is 249 Å². The fourth-order valence-electron chi connectivity index (χ4n) is 6.47. The van der Waals surface area contributed by atoms with Crippen molar-refractivity contribution in [2.24, 2.45) is 0 Å². The molecule has 0 aliphatic heterocycles. The van der Waals surface area contributed by atoms with Gasteiger partial charge in [0.1, 0.15) is 61.5 Å². The Morgan fingerprint density at radius 1 is 0.314 bits per heavy atom. The second kappa shape index (κ2) is 49.9. The van der Waals surface area contributed by atoms with E-state index in [4.69, 9.17) is 52.5 Å². The van der Waals surface area contributed by atoms with E-state index in [0.717, 1.165) is 19.3 Å². The monoisotopic (exact) mass is 1020 g/mol. The zero-order valence-corrected chi connectivity index (χ0v) is 42.1. The number of carbonyl (C=O) groups excluding carboxylic acids is 1. The SMILES string of the molecule is CCCCCCCCCCCCCCCCCCC(=O)OCC(O)COCC(O)COCC(O)COCC(O)COCC(O)COCC(O)COC(O)COCC(O)COCC(O)COCC(O)CO. The number of hydrogen-bond acceptors (Lipinski definition) is 22. The molecule has 0 rings (SSSR count). The van der Waals surface area contributed by atoms with Crippen LogP contribution in [0.1, 0.15) is 116 Å². The largest absolute Gasteiger partial charge is 0.463 e. The number of rotatable bonds is 55. The van der Waals surface area contributed by atoms with Gasteiger partial charge in [-0.05, 0) is 6.42 Å². The van der Waals surface area contributed by atoms with Crippen LogP contribution in [0.4, 0.5) is 0 Å². The van der Waals surface area contributed by atoms with Gasteiger partial charge in [0.25, 0.3) is 0 Å². The van der Waals surface area contributed by atoms with Crippen molar-refractivity contribution in [1.29, 1.82) is 0 Å². The molecule has 0 spiro atoms. The summed E-state index contributed by atoms with van der Waals surface area (Å²) < 4.78 is 51.9. The maximum Gasteiger partial charge on any atom is 0.305 e. The predicted octanol–water partition coefficient (Wildman–Crippen LogP) is -0.111. The highest BCUT2D eigenvalue weighted by Crippen LogP contribution is 2.14. The smallest absolute Gasteiger partial charge is 0.305 e. The Labute approximate surface area is 416 Å². The van der Waals surface area contributed by atoms with Gasteiger partial charge in [0.2, 0.25) is 0 Å². The maximum absolute atomic E-state index is 12.0. The molecule has 11 N–H and O–H groups in total. The van der Waals surface area contributed by atoms with E-state index in [1.54, 1.807) is 0 Å². The van der Waals surface area contributed by atoms with Crippen molar-refractivity contribution in [3.05, 3.63) is 0 Å². The van der Waals surface area contributed by atoms with Crippen molar-refractivity contribution in [3.63, 3.8) is 0 Å². The molecule has 0 aromatic heterocycles. The molecule has 70 heavy (non-hydrogen) atoms. The second-order valence-corrected chi connectivity index (χ2v) is 17.9. The summed E-state index contributed by atoms with van der Waals surface area (Å²) in [6, 6.07) is 0. The molecule has 10 atom stereocenters. The summed E-state index contributed by atoms with van der Waals surface area (Å²) in [7, 11) is 0. The number of unbranched alkanes of at least 4 members (excludes halogenated alkanes) is 15. The first kappa shape index (κ1) is 68.7. The van der Waals surface area contributed by atoms with Crippen molar-refractivity contribution < 1.29 is 108 Å². The summed E-state index contributed by atoms with van der Waals surface area (Å²) >= 11 is 0. The molecule has 0 bridgehead atoms. The molecule has 0 saturated heterocycles. The van der Waals surface area contributed by atoms with Crippen LogP contribution in [0.3, 0.4) is 0 Å². The van der Waals surface area contributed by atoms with Crippen LogP contribution in [0.5, 0.6) is 0 Å². The van der Waals surface area contributed by atoms with Crippen LogP contribution in [0, 0.1) is 0 Å². The summed E-state index contributed by atoms with van der Waals surface area (Å²) in [5, 5.41) is 108. The molecule has 420 valence electrons. The van der Waals surface area contributed by atoms with Crippen molar-refractivity contribution in [2.75, 3.05) is 126 Å². The molecule has 0 saturated carbocycles. The first-order valence-corrected chi connectivity index (χ1v) is 25.6. The number of aliphatic hydroxyl groups is 11. The van der Waals surface area contributed by atoms with E-state index in [-0.39, 0.29) is 125 Å². The van der Waals surface area contributed by atoms with Crippen molar-refractivity contribution in [3.8, 4) is 0 Å². The third-order valence-corrected chi connectivity index (χ3v) is 10.3. The molecule has 0 radical (unpaired) electrons. The van der Waals surface area contributed by atoms with Gasteiger partial charge in [-0.25, -0.2) is 0 Å². The fourth-order valence-corrected chi connectivity index (χ4v) is 6.47. The summed E-state index contributed by atoms with van der Waals surface area (Å²) in [6.07, 6.45) is 9.41. The number of hydrogen-bond donors (Lipinski definition) is 11. The highest BCUT2D eigenvalue weighted by Gasteiger charge is 2.17. The van der Waals surface area contributed by atoms with Gasteiger partial charge < -0.3 is 104 Å². The lowest BCUT2D eigenvalue weighted by molar-refractivity contribution is -0.165. The average Bonchev–Trinajstić information content (AvgIpc) is 3.32. The first-order valence-electron chi connectivity index (χ1n) is 25.6. The Bertz CT molecular complexity index is 1100. The lowest BCUT2D eigenvalue weighted by Gasteiger charge is -2.19. The molecule has 0 heterocycles. The molecule has 0 aliphatic rings. The van der Waals surface area contributed by atoms with E-state index < -0.39 is 67.8 Å². The molecule has 22 heteroatoms. The van der Waals surface area contributed by atoms with E-state index in [1.165, 1.54) is 83.5 Å². The van der Waals surface area contributed by atoms with Crippen LogP contribution >= 0.6 is 0 Å². The fraction of sp³-hybridized carbons (Fsp3) is 0.979. The molecule has 0 fully saturated rings. The second-order valence-electron chi connectivity index (χ2n) is 17.9. The number of esters is 1. The Morgan fingerprint density at radius 3 is 0.857 bits per heavy atom. The molecule has 10 unspecified atom stereocenters. The summed E-state index contributed by atoms with van der Waals surface area (Å²) in [5.41, 5.74) is 0. The zero-order valence-electron chi connectivity index (χ0n) is 42.1. The van der Waals surface area contributed by atoms with Crippen molar-refractivity contribution >= 4 is 5.97 Å². The van der Waals surface area contributed by atoms with Crippen LogP contribution in [0.25, 0.3) is 0 Å². The van der Waals surface area contributed by atoms with Gasteiger partial charge >= 0.3 is 5.97 Å². The average molecular weight is 1030 g/mol. The number of carbonyl (C=O) groups is 1. The summed E-state index contributed by atoms with van der Waals surface area (Å²) in [6.45, 7) is -1.70. The van der Waals surface area contributed by atoms with Gasteiger partial charge in [0.05, 0.1) is 119 Å². The van der Waals surface area contributed by atoms with E-state index in [0.29, 0.717) is 6.42 Å². The van der Waals surface area contributed by atoms with Gasteiger partial charge in [-0.3, -0.25) is 4.79 Å². The van der Waals surface area contributed by atoms with E-state index in [2.05, 4.69) is 6.92 Å². The van der Waals surface area contributed by atoms with Gasteiger partial charge in [-0.15, -0.1) is 0 Å². The van der Waals surface area contributed by atoms with Gasteiger partial charge in [-0.1, -0.05) is 103 Å². The van der Waals surface area contributed by atoms with Crippen LogP contribution in [-0.2, 0) is 52.2 Å². The van der Waals surface area contributed by atoms with Crippen molar-refractivity contribution in [1.82, 2.24) is 0 Å². The predicted molar refractivity (Wildman–Crippen MR) is 255 cm³/mol. The topological polar surface area (TPSA) is 332 Å². The van der Waals surface area contributed by atoms with E-state index >= 15 is 0 Å². The van der Waals surface area contributed by atoms with Crippen LogP contribution in [0.2, 0.25) is 0 Å². The standard InChI is InChI=1S/C48H96O22/c1-2-3-4-5-6-7-8-9-10-11-12-13-14-15-16-17-18-47(59)69-35-45(57)33-66-29-42(54)27-63-25-40(52)23-62-24-41(53)26-64-28-43(55)30-67-34-46(58)36-70-48(60)37-68-32-44(56)31-65-22-39(51)21-61-20-38(50)19-49/h38-46,48-58,60H,2-37H2,1H3. The molecule has 0 aromatic carbocycles. The van der Waals surface area contributed by atoms with Gasteiger partial charge in [0.15, 0.2) is 6.29 Å². The zero-order chi connectivity index (χ0) is 51.9. The minimum absolute atomic E-state index is 0.137. The molecule has 0 amide bonds. The molecule has 22 nitrogen and oxygen atoms in total. The Kier molecular flexibility index (Phi) is 48.9. The Hall–Kier alpha value is -1.33. The number of ether oxygens (including phenoxy) is 10. The molecular formula is C48H96O22. The highest BCUT2D eigenvalue weighted by atomic mass is 16.6. The molecule has 0 aromatic rings. The van der Waals surface area contributed by atoms with Gasteiger partial charge in [0, 0.05) is 6.42 Å². The molecular weight excluding hydrogens is 929 g/mol. The third-order valence-electron chi connectivity index (χ3n) is 10.3. The van der Waals surface area contributed by atoms with Crippen LogP contribution in [0.15, 0.2) is 0 Å². The van der Waals surface area contributed by atoms with Gasteiger partial charge in [-0.2, -0.15) is 0 Å². The van der Waals surface area contributed by atoms with E-state index in [1.807, 2.05) is 0 Å². The number of aliphatic hydroxyl groups excluding tert-OH is 11. The Morgan fingerprint density at radius 2 is 0.557 bits per heavy atom. The lowest BCUT2D eigenvalue weighted by Crippen LogP contribution is -2.32. The minimum atomic E-state index is -1.42. The lowest BCUT2D eigenvalue weighted by atomic mass is 10.0. The van der Waals surface area contributed by atoms with E-state index in [9.17, 15) is 55.9 Å². The maximum atomic E-state index is 12.0. The summed E-state index contributed by atoms with van der Waals surface area (Å²) in [4.78, 5) is 12.0.